The second-order valence-electron chi connectivity index (χ2n) is 8.94. The number of anilines is 1. The number of hydrogen-bond acceptors (Lipinski definition) is 11. The Morgan fingerprint density at radius 3 is 2.68 bits per heavy atom. The summed E-state index contributed by atoms with van der Waals surface area (Å²) in [4.78, 5) is 34.9. The zero-order valence-electron chi connectivity index (χ0n) is 21.6. The molecule has 17 heteroatoms. The Balaban J connectivity index is 1.26. The summed E-state index contributed by atoms with van der Waals surface area (Å²) in [5, 5.41) is 21.1. The van der Waals surface area contributed by atoms with Crippen molar-refractivity contribution in [2.45, 2.75) is 39.0 Å². The van der Waals surface area contributed by atoms with E-state index in [0.29, 0.717) is 10.6 Å². The molecule has 216 valence electrons. The number of thiophene rings is 1. The fourth-order valence-corrected chi connectivity index (χ4v) is 5.35. The van der Waals surface area contributed by atoms with Gasteiger partial charge in [-0.2, -0.15) is 23.1 Å². The molecule has 0 spiro atoms. The number of carbonyl (C=O) groups excluding carboxylic acids is 1. The SMILES string of the molecule is CCCc1cc2c(N3CCn4c(nnc4C(F)(F)F)C3)nc(OCCNC(=O)Oc3ccc([N+](=O)[O-])cc3)nc2s1. The number of aromatic nitrogens is 5. The first kappa shape index (κ1) is 28.0. The molecule has 0 radical (unpaired) electrons. The van der Waals surface area contributed by atoms with E-state index in [1.807, 2.05) is 11.0 Å². The van der Waals surface area contributed by atoms with Gasteiger partial charge in [-0.15, -0.1) is 21.5 Å². The number of halogens is 3. The molecule has 1 aromatic carbocycles. The Morgan fingerprint density at radius 2 is 1.98 bits per heavy atom. The van der Waals surface area contributed by atoms with E-state index >= 15 is 0 Å². The average Bonchev–Trinajstić information content (AvgIpc) is 3.54. The second kappa shape index (κ2) is 11.5. The average molecular weight is 593 g/mol. The molecule has 0 fully saturated rings. The maximum atomic E-state index is 13.3. The van der Waals surface area contributed by atoms with Gasteiger partial charge in [-0.25, -0.2) is 4.79 Å². The van der Waals surface area contributed by atoms with Crippen molar-refractivity contribution in [3.63, 3.8) is 0 Å². The van der Waals surface area contributed by atoms with E-state index < -0.39 is 23.0 Å². The van der Waals surface area contributed by atoms with Crippen LogP contribution >= 0.6 is 11.3 Å². The molecule has 5 rings (SSSR count). The van der Waals surface area contributed by atoms with Gasteiger partial charge in [0.1, 0.15) is 23.0 Å². The lowest BCUT2D eigenvalue weighted by Crippen LogP contribution is -2.36. The summed E-state index contributed by atoms with van der Waals surface area (Å²) in [6.45, 7) is 2.45. The Bertz CT molecular complexity index is 1570. The van der Waals surface area contributed by atoms with Crippen molar-refractivity contribution in [1.82, 2.24) is 30.0 Å². The topological polar surface area (TPSA) is 150 Å². The number of benzene rings is 1. The molecule has 4 heterocycles. The smallest absolute Gasteiger partial charge is 0.451 e. The summed E-state index contributed by atoms with van der Waals surface area (Å²) in [7, 11) is 0. The van der Waals surface area contributed by atoms with Gasteiger partial charge in [-0.1, -0.05) is 13.3 Å². The minimum absolute atomic E-state index is 0.00321. The highest BCUT2D eigenvalue weighted by molar-refractivity contribution is 7.18. The molecule has 0 unspecified atom stereocenters. The molecule has 0 aliphatic carbocycles. The third kappa shape index (κ3) is 6.29. The molecule has 0 saturated heterocycles. The van der Waals surface area contributed by atoms with Gasteiger partial charge in [-0.05, 0) is 24.6 Å². The first-order valence-corrected chi connectivity index (χ1v) is 13.3. The largest absolute Gasteiger partial charge is 0.461 e. The van der Waals surface area contributed by atoms with Crippen molar-refractivity contribution >= 4 is 39.2 Å². The van der Waals surface area contributed by atoms with E-state index in [4.69, 9.17) is 9.47 Å². The van der Waals surface area contributed by atoms with E-state index in [1.165, 1.54) is 35.6 Å². The number of rotatable bonds is 9. The van der Waals surface area contributed by atoms with E-state index in [1.54, 1.807) is 0 Å². The molecular formula is C24H23F3N8O5S. The van der Waals surface area contributed by atoms with E-state index in [-0.39, 0.29) is 56.1 Å². The summed E-state index contributed by atoms with van der Waals surface area (Å²) >= 11 is 1.48. The van der Waals surface area contributed by atoms with Crippen LogP contribution in [0.4, 0.5) is 29.5 Å². The summed E-state index contributed by atoms with van der Waals surface area (Å²) in [5.74, 6) is -0.202. The van der Waals surface area contributed by atoms with Crippen molar-refractivity contribution < 1.29 is 32.4 Å². The summed E-state index contributed by atoms with van der Waals surface area (Å²) < 4.78 is 51.7. The predicted octanol–water partition coefficient (Wildman–Crippen LogP) is 4.35. The Hall–Kier alpha value is -4.54. The van der Waals surface area contributed by atoms with Crippen molar-refractivity contribution in [1.29, 1.82) is 0 Å². The highest BCUT2D eigenvalue weighted by atomic mass is 32.1. The summed E-state index contributed by atoms with van der Waals surface area (Å²) in [6.07, 6.45) is -3.62. The van der Waals surface area contributed by atoms with Crippen LogP contribution in [0.1, 0.15) is 29.9 Å². The minimum atomic E-state index is -4.60. The number of hydrogen-bond donors (Lipinski definition) is 1. The maximum Gasteiger partial charge on any atom is 0.451 e. The van der Waals surface area contributed by atoms with Crippen LogP contribution < -0.4 is 19.7 Å². The van der Waals surface area contributed by atoms with Crippen LogP contribution in [0.3, 0.4) is 0 Å². The number of non-ortho nitro benzene ring substituents is 1. The Morgan fingerprint density at radius 1 is 1.20 bits per heavy atom. The second-order valence-corrected chi connectivity index (χ2v) is 10.1. The van der Waals surface area contributed by atoms with Crippen LogP contribution in [0.5, 0.6) is 11.8 Å². The van der Waals surface area contributed by atoms with Crippen molar-refractivity contribution in [3.8, 4) is 11.8 Å². The molecule has 1 aliphatic rings. The van der Waals surface area contributed by atoms with Crippen molar-refractivity contribution in [3.05, 3.63) is 57.0 Å². The zero-order chi connectivity index (χ0) is 29.1. The molecule has 0 atom stereocenters. The number of nitro benzene ring substituents is 1. The molecule has 1 amide bonds. The number of ether oxygens (including phenoxy) is 2. The van der Waals surface area contributed by atoms with Gasteiger partial charge in [-0.3, -0.25) is 10.1 Å². The third-order valence-corrected chi connectivity index (χ3v) is 7.16. The van der Waals surface area contributed by atoms with Gasteiger partial charge >= 0.3 is 18.3 Å². The van der Waals surface area contributed by atoms with E-state index in [0.717, 1.165) is 27.7 Å². The monoisotopic (exact) mass is 592 g/mol. The summed E-state index contributed by atoms with van der Waals surface area (Å²) in [6, 6.07) is 7.08. The third-order valence-electron chi connectivity index (χ3n) is 6.07. The molecule has 0 bridgehead atoms. The Kier molecular flexibility index (Phi) is 7.87. The highest BCUT2D eigenvalue weighted by Gasteiger charge is 2.39. The van der Waals surface area contributed by atoms with Gasteiger partial charge in [0.05, 0.1) is 23.4 Å². The maximum absolute atomic E-state index is 13.3. The fraction of sp³-hybridized carbons (Fsp3) is 0.375. The van der Waals surface area contributed by atoms with Gasteiger partial charge < -0.3 is 24.3 Å². The molecule has 41 heavy (non-hydrogen) atoms. The fourth-order valence-electron chi connectivity index (χ4n) is 4.24. The quantitative estimate of drug-likeness (QED) is 0.169. The number of fused-ring (bicyclic) bond motifs is 2. The molecule has 4 aromatic rings. The number of carbonyl (C=O) groups is 1. The minimum Gasteiger partial charge on any atom is -0.461 e. The lowest BCUT2D eigenvalue weighted by Gasteiger charge is -2.29. The molecule has 3 aromatic heterocycles. The number of alkyl halides is 3. The zero-order valence-corrected chi connectivity index (χ0v) is 22.4. The van der Waals surface area contributed by atoms with Gasteiger partial charge in [0.15, 0.2) is 5.82 Å². The number of nitrogens with zero attached hydrogens (tertiary/aromatic N) is 7. The number of nitro groups is 1. The molecule has 1 aliphatic heterocycles. The Labute approximate surface area is 234 Å². The van der Waals surface area contributed by atoms with Crippen LogP contribution in [0.25, 0.3) is 10.2 Å². The van der Waals surface area contributed by atoms with E-state index in [2.05, 4.69) is 32.4 Å². The molecule has 0 saturated carbocycles. The summed E-state index contributed by atoms with van der Waals surface area (Å²) in [5.41, 5.74) is -0.132. The molecule has 1 N–H and O–H groups in total. The predicted molar refractivity (Wildman–Crippen MR) is 140 cm³/mol. The first-order chi connectivity index (χ1) is 19.6. The van der Waals surface area contributed by atoms with Crippen molar-refractivity contribution in [2.75, 3.05) is 24.6 Å². The van der Waals surface area contributed by atoms with Crippen LogP contribution in [0.2, 0.25) is 0 Å². The van der Waals surface area contributed by atoms with Crippen LogP contribution in [0.15, 0.2) is 30.3 Å². The highest BCUT2D eigenvalue weighted by Crippen LogP contribution is 2.36. The van der Waals surface area contributed by atoms with Crippen LogP contribution in [-0.2, 0) is 25.7 Å². The first-order valence-electron chi connectivity index (χ1n) is 12.5. The number of nitrogens with one attached hydrogen (secondary N) is 1. The normalized spacial score (nSPS) is 13.2. The number of aryl methyl sites for hydroxylation is 1. The lowest BCUT2D eigenvalue weighted by molar-refractivity contribution is -0.384. The molecular weight excluding hydrogens is 569 g/mol. The van der Waals surface area contributed by atoms with Crippen molar-refractivity contribution in [2.24, 2.45) is 0 Å². The van der Waals surface area contributed by atoms with Crippen LogP contribution in [0, 0.1) is 10.1 Å². The van der Waals surface area contributed by atoms with E-state index in [9.17, 15) is 28.1 Å². The van der Waals surface area contributed by atoms with Gasteiger partial charge in [0.2, 0.25) is 5.82 Å². The van der Waals surface area contributed by atoms with Gasteiger partial charge in [0.25, 0.3) is 5.69 Å². The van der Waals surface area contributed by atoms with Crippen LogP contribution in [-0.4, -0.2) is 55.4 Å². The standard InChI is InChI=1S/C24H23F3N8O5S/c1-2-3-16-12-17-19(33-9-10-34-18(13-33)31-32-21(34)24(25,26)27)29-22(30-20(17)41-16)39-11-8-28-23(36)40-15-6-4-14(5-7-15)35(37)38/h4-7,12H,2-3,8-11,13H2,1H3,(H,28,36). The lowest BCUT2D eigenvalue weighted by atomic mass is 10.2. The van der Waals surface area contributed by atoms with Gasteiger partial charge in [0, 0.05) is 30.1 Å². The molecule has 13 nitrogen and oxygen atoms in total. The number of amides is 1.